The van der Waals surface area contributed by atoms with Gasteiger partial charge < -0.3 is 0 Å². The molecular formula is C17H16FN3O. The summed E-state index contributed by atoms with van der Waals surface area (Å²) in [4.78, 5) is 21.3. The Morgan fingerprint density at radius 1 is 1.14 bits per heavy atom. The van der Waals surface area contributed by atoms with Crippen LogP contribution in [-0.2, 0) is 0 Å². The standard InChI is InChI=1S/C17H16FN3O/c1-11(2)16(14-5-3-4-8-19-14)21-10-20-15-9-12(18)6-7-13(15)17(21)22/h3-11,16H,1-2H3. The van der Waals surface area contributed by atoms with E-state index in [1.54, 1.807) is 10.8 Å². The predicted molar refractivity (Wildman–Crippen MR) is 83.2 cm³/mol. The molecule has 1 unspecified atom stereocenters. The van der Waals surface area contributed by atoms with Crippen LogP contribution in [0.15, 0.2) is 53.7 Å². The van der Waals surface area contributed by atoms with Gasteiger partial charge >= 0.3 is 0 Å². The minimum absolute atomic E-state index is 0.160. The van der Waals surface area contributed by atoms with Gasteiger partial charge in [-0.25, -0.2) is 9.37 Å². The third-order valence-corrected chi connectivity index (χ3v) is 3.67. The number of hydrogen-bond donors (Lipinski definition) is 0. The smallest absolute Gasteiger partial charge is 0.261 e. The van der Waals surface area contributed by atoms with Crippen LogP contribution in [0.3, 0.4) is 0 Å². The Morgan fingerprint density at radius 2 is 1.95 bits per heavy atom. The maximum atomic E-state index is 13.3. The molecule has 2 aromatic heterocycles. The Balaban J connectivity index is 2.21. The molecule has 1 aromatic carbocycles. The Kier molecular flexibility index (Phi) is 3.71. The first-order valence-corrected chi connectivity index (χ1v) is 7.15. The zero-order valence-corrected chi connectivity index (χ0v) is 12.4. The average molecular weight is 297 g/mol. The van der Waals surface area contributed by atoms with Crippen LogP contribution < -0.4 is 5.56 Å². The van der Waals surface area contributed by atoms with E-state index in [0.29, 0.717) is 10.9 Å². The van der Waals surface area contributed by atoms with Gasteiger partial charge in [-0.15, -0.1) is 0 Å². The Labute approximate surface area is 127 Å². The Hall–Kier alpha value is -2.56. The fourth-order valence-corrected chi connectivity index (χ4v) is 2.66. The predicted octanol–water partition coefficient (Wildman–Crippen LogP) is 3.18. The van der Waals surface area contributed by atoms with Crippen molar-refractivity contribution in [3.8, 4) is 0 Å². The van der Waals surface area contributed by atoms with Crippen molar-refractivity contribution in [1.82, 2.24) is 14.5 Å². The fraction of sp³-hybridized carbons (Fsp3) is 0.235. The Bertz CT molecular complexity index is 859. The van der Waals surface area contributed by atoms with Crippen LogP contribution in [0, 0.1) is 11.7 Å². The second-order valence-corrected chi connectivity index (χ2v) is 5.56. The molecule has 1 atom stereocenters. The second-order valence-electron chi connectivity index (χ2n) is 5.56. The number of halogens is 1. The molecular weight excluding hydrogens is 281 g/mol. The maximum Gasteiger partial charge on any atom is 0.261 e. The number of hydrogen-bond acceptors (Lipinski definition) is 3. The molecule has 0 saturated heterocycles. The molecule has 4 nitrogen and oxygen atoms in total. The van der Waals surface area contributed by atoms with Gasteiger partial charge in [-0.3, -0.25) is 14.3 Å². The van der Waals surface area contributed by atoms with Gasteiger partial charge in [-0.2, -0.15) is 0 Å². The topological polar surface area (TPSA) is 47.8 Å². The Morgan fingerprint density at radius 3 is 2.64 bits per heavy atom. The van der Waals surface area contributed by atoms with E-state index in [2.05, 4.69) is 9.97 Å². The summed E-state index contributed by atoms with van der Waals surface area (Å²) < 4.78 is 14.8. The second kappa shape index (κ2) is 5.67. The van der Waals surface area contributed by atoms with Crippen molar-refractivity contribution in [2.24, 2.45) is 5.92 Å². The molecule has 0 spiro atoms. The third kappa shape index (κ3) is 2.50. The molecule has 0 fully saturated rings. The summed E-state index contributed by atoms with van der Waals surface area (Å²) >= 11 is 0. The van der Waals surface area contributed by atoms with Crippen molar-refractivity contribution >= 4 is 10.9 Å². The van der Waals surface area contributed by atoms with Crippen LogP contribution in [0.4, 0.5) is 4.39 Å². The van der Waals surface area contributed by atoms with E-state index in [1.807, 2.05) is 32.0 Å². The maximum absolute atomic E-state index is 13.3. The molecule has 0 aliphatic carbocycles. The first kappa shape index (κ1) is 14.4. The summed E-state index contributed by atoms with van der Waals surface area (Å²) in [5, 5.41) is 0.408. The molecule has 0 amide bonds. The number of fused-ring (bicyclic) bond motifs is 1. The first-order chi connectivity index (χ1) is 10.6. The van der Waals surface area contributed by atoms with Crippen molar-refractivity contribution in [2.45, 2.75) is 19.9 Å². The lowest BCUT2D eigenvalue weighted by molar-refractivity contribution is 0.415. The summed E-state index contributed by atoms with van der Waals surface area (Å²) in [7, 11) is 0. The van der Waals surface area contributed by atoms with Gasteiger partial charge in [0.15, 0.2) is 0 Å². The van der Waals surface area contributed by atoms with E-state index in [-0.39, 0.29) is 17.5 Å². The molecule has 112 valence electrons. The number of aromatic nitrogens is 3. The number of rotatable bonds is 3. The third-order valence-electron chi connectivity index (χ3n) is 3.67. The lowest BCUT2D eigenvalue weighted by Gasteiger charge is -2.22. The molecule has 5 heteroatoms. The summed E-state index contributed by atoms with van der Waals surface area (Å²) in [6.07, 6.45) is 3.18. The number of pyridine rings is 1. The highest BCUT2D eigenvalue weighted by Crippen LogP contribution is 2.23. The molecule has 0 aliphatic heterocycles. The molecule has 0 saturated carbocycles. The average Bonchev–Trinajstić information content (AvgIpc) is 2.50. The fourth-order valence-electron chi connectivity index (χ4n) is 2.66. The van der Waals surface area contributed by atoms with Crippen LogP contribution in [-0.4, -0.2) is 14.5 Å². The number of benzene rings is 1. The van der Waals surface area contributed by atoms with E-state index >= 15 is 0 Å². The van der Waals surface area contributed by atoms with Crippen molar-refractivity contribution in [1.29, 1.82) is 0 Å². The van der Waals surface area contributed by atoms with Crippen molar-refractivity contribution in [3.05, 3.63) is 70.8 Å². The first-order valence-electron chi connectivity index (χ1n) is 7.15. The highest BCUT2D eigenvalue weighted by molar-refractivity contribution is 5.77. The van der Waals surface area contributed by atoms with Gasteiger partial charge in [-0.1, -0.05) is 19.9 Å². The summed E-state index contributed by atoms with van der Waals surface area (Å²) in [5.74, 6) is -0.241. The molecule has 0 N–H and O–H groups in total. The largest absolute Gasteiger partial charge is 0.289 e. The molecule has 2 heterocycles. The molecule has 0 aliphatic rings. The lowest BCUT2D eigenvalue weighted by atomic mass is 10.00. The minimum Gasteiger partial charge on any atom is -0.289 e. The van der Waals surface area contributed by atoms with Gasteiger partial charge in [0.2, 0.25) is 0 Å². The van der Waals surface area contributed by atoms with Crippen LogP contribution >= 0.6 is 0 Å². The van der Waals surface area contributed by atoms with Gasteiger partial charge in [0.25, 0.3) is 5.56 Å². The monoisotopic (exact) mass is 297 g/mol. The summed E-state index contributed by atoms with van der Waals surface area (Å²) in [6, 6.07) is 9.44. The van der Waals surface area contributed by atoms with Crippen molar-refractivity contribution in [3.63, 3.8) is 0 Å². The van der Waals surface area contributed by atoms with Gasteiger partial charge in [0, 0.05) is 12.3 Å². The SMILES string of the molecule is CC(C)C(c1ccccn1)n1cnc2cc(F)ccc2c1=O. The van der Waals surface area contributed by atoms with E-state index in [4.69, 9.17) is 0 Å². The molecule has 22 heavy (non-hydrogen) atoms. The quantitative estimate of drug-likeness (QED) is 0.746. The van der Waals surface area contributed by atoms with Gasteiger partial charge in [-0.05, 0) is 30.2 Å². The van der Waals surface area contributed by atoms with Crippen LogP contribution in [0.25, 0.3) is 10.9 Å². The van der Waals surface area contributed by atoms with Crippen LogP contribution in [0.5, 0.6) is 0 Å². The molecule has 3 rings (SSSR count). The highest BCUT2D eigenvalue weighted by atomic mass is 19.1. The van der Waals surface area contributed by atoms with E-state index in [0.717, 1.165) is 5.69 Å². The normalized spacial score (nSPS) is 12.7. The van der Waals surface area contributed by atoms with Crippen LogP contribution in [0.1, 0.15) is 25.6 Å². The molecule has 0 radical (unpaired) electrons. The van der Waals surface area contributed by atoms with Crippen molar-refractivity contribution < 1.29 is 4.39 Å². The van der Waals surface area contributed by atoms with Crippen molar-refractivity contribution in [2.75, 3.05) is 0 Å². The molecule has 3 aromatic rings. The zero-order chi connectivity index (χ0) is 15.7. The van der Waals surface area contributed by atoms with E-state index in [1.165, 1.54) is 24.5 Å². The lowest BCUT2D eigenvalue weighted by Crippen LogP contribution is -2.29. The minimum atomic E-state index is -0.401. The van der Waals surface area contributed by atoms with E-state index < -0.39 is 5.82 Å². The van der Waals surface area contributed by atoms with E-state index in [9.17, 15) is 9.18 Å². The summed E-state index contributed by atoms with van der Waals surface area (Å²) in [6.45, 7) is 4.06. The number of nitrogens with zero attached hydrogens (tertiary/aromatic N) is 3. The summed E-state index contributed by atoms with van der Waals surface area (Å²) in [5.41, 5.74) is 0.988. The highest BCUT2D eigenvalue weighted by Gasteiger charge is 2.21. The van der Waals surface area contributed by atoms with Gasteiger partial charge in [0.05, 0.1) is 29.0 Å². The van der Waals surface area contributed by atoms with Crippen LogP contribution in [0.2, 0.25) is 0 Å². The zero-order valence-electron chi connectivity index (χ0n) is 12.4. The molecule has 0 bridgehead atoms. The van der Waals surface area contributed by atoms with Gasteiger partial charge in [0.1, 0.15) is 5.82 Å².